The van der Waals surface area contributed by atoms with E-state index >= 15 is 0 Å². The van der Waals surface area contributed by atoms with E-state index in [4.69, 9.17) is 10.5 Å². The molecule has 1 rings (SSSR count). The Kier molecular flexibility index (Phi) is 4.12. The molecule has 15 heavy (non-hydrogen) atoms. The van der Waals surface area contributed by atoms with Crippen LogP contribution in [0.25, 0.3) is 0 Å². The maximum Gasteiger partial charge on any atom is 0.226 e. The Hall–Kier alpha value is -1.55. The molecule has 0 aliphatic rings. The summed E-state index contributed by atoms with van der Waals surface area (Å²) in [5.41, 5.74) is 8.13. The van der Waals surface area contributed by atoms with Crippen molar-refractivity contribution >= 4 is 17.3 Å². The van der Waals surface area contributed by atoms with Gasteiger partial charge < -0.3 is 15.8 Å². The number of anilines is 2. The molecule has 0 radical (unpaired) electrons. The predicted octanol–water partition coefficient (Wildman–Crippen LogP) is 1.55. The minimum absolute atomic E-state index is 0.0693. The van der Waals surface area contributed by atoms with Crippen LogP contribution in [-0.4, -0.2) is 19.6 Å². The standard InChI is InChI=1S/C11H16N2O2/c1-8-3-4-9(7-10(8)12)13-11(14)5-6-15-2/h3-4,7H,5-6,12H2,1-2H3,(H,13,14). The molecule has 4 nitrogen and oxygen atoms in total. The molecule has 4 heteroatoms. The molecule has 0 aliphatic heterocycles. The molecule has 3 N–H and O–H groups in total. The molecular weight excluding hydrogens is 192 g/mol. The van der Waals surface area contributed by atoms with Gasteiger partial charge in [0.15, 0.2) is 0 Å². The maximum atomic E-state index is 11.3. The second kappa shape index (κ2) is 5.36. The highest BCUT2D eigenvalue weighted by Gasteiger charge is 2.02. The number of benzene rings is 1. The molecule has 1 aromatic carbocycles. The summed E-state index contributed by atoms with van der Waals surface area (Å²) < 4.78 is 4.81. The van der Waals surface area contributed by atoms with Crippen molar-refractivity contribution in [1.82, 2.24) is 0 Å². The lowest BCUT2D eigenvalue weighted by atomic mass is 10.2. The fourth-order valence-corrected chi connectivity index (χ4v) is 1.14. The number of ether oxygens (including phenoxy) is 1. The number of aryl methyl sites for hydroxylation is 1. The molecule has 0 aromatic heterocycles. The summed E-state index contributed by atoms with van der Waals surface area (Å²) in [6.45, 7) is 2.35. The summed E-state index contributed by atoms with van der Waals surface area (Å²) in [5, 5.41) is 2.75. The molecule has 0 atom stereocenters. The first-order valence-corrected chi connectivity index (χ1v) is 4.78. The van der Waals surface area contributed by atoms with Crippen LogP contribution in [0.3, 0.4) is 0 Å². The van der Waals surface area contributed by atoms with Crippen LogP contribution in [0.1, 0.15) is 12.0 Å². The number of nitrogens with two attached hydrogens (primary N) is 1. The zero-order chi connectivity index (χ0) is 11.3. The highest BCUT2D eigenvalue weighted by atomic mass is 16.5. The summed E-state index contributed by atoms with van der Waals surface area (Å²) >= 11 is 0. The number of rotatable bonds is 4. The third kappa shape index (κ3) is 3.59. The second-order valence-electron chi connectivity index (χ2n) is 3.36. The number of methoxy groups -OCH3 is 1. The predicted molar refractivity (Wildman–Crippen MR) is 60.7 cm³/mol. The molecule has 0 fully saturated rings. The highest BCUT2D eigenvalue weighted by Crippen LogP contribution is 2.16. The minimum atomic E-state index is -0.0693. The largest absolute Gasteiger partial charge is 0.398 e. The van der Waals surface area contributed by atoms with Gasteiger partial charge in [-0.05, 0) is 24.6 Å². The number of hydrogen-bond acceptors (Lipinski definition) is 3. The van der Waals surface area contributed by atoms with Gasteiger partial charge in [0.2, 0.25) is 5.91 Å². The van der Waals surface area contributed by atoms with Crippen LogP contribution < -0.4 is 11.1 Å². The SMILES string of the molecule is COCCC(=O)Nc1ccc(C)c(N)c1. The second-order valence-corrected chi connectivity index (χ2v) is 3.36. The molecule has 0 heterocycles. The van der Waals surface area contributed by atoms with Gasteiger partial charge in [-0.25, -0.2) is 0 Å². The van der Waals surface area contributed by atoms with Gasteiger partial charge in [0.05, 0.1) is 13.0 Å². The molecule has 82 valence electrons. The molecule has 0 spiro atoms. The van der Waals surface area contributed by atoms with E-state index in [1.165, 1.54) is 0 Å². The number of carbonyl (C=O) groups excluding carboxylic acids is 1. The quantitative estimate of drug-likeness (QED) is 0.738. The van der Waals surface area contributed by atoms with Crippen molar-refractivity contribution in [2.75, 3.05) is 24.8 Å². The molecule has 1 aromatic rings. The van der Waals surface area contributed by atoms with Gasteiger partial charge in [-0.3, -0.25) is 4.79 Å². The molecule has 0 unspecified atom stereocenters. The molecule has 0 bridgehead atoms. The van der Waals surface area contributed by atoms with E-state index in [2.05, 4.69) is 5.32 Å². The molecular formula is C11H16N2O2. The lowest BCUT2D eigenvalue weighted by Crippen LogP contribution is -2.13. The van der Waals surface area contributed by atoms with Crippen LogP contribution in [-0.2, 0) is 9.53 Å². The maximum absolute atomic E-state index is 11.3. The minimum Gasteiger partial charge on any atom is -0.398 e. The van der Waals surface area contributed by atoms with E-state index in [1.807, 2.05) is 19.1 Å². The summed E-state index contributed by atoms with van der Waals surface area (Å²) in [5.74, 6) is -0.0693. The van der Waals surface area contributed by atoms with Crippen LogP contribution in [0.5, 0.6) is 0 Å². The summed E-state index contributed by atoms with van der Waals surface area (Å²) in [7, 11) is 1.57. The average Bonchev–Trinajstić information content (AvgIpc) is 2.20. The van der Waals surface area contributed by atoms with E-state index < -0.39 is 0 Å². The lowest BCUT2D eigenvalue weighted by molar-refractivity contribution is -0.117. The first kappa shape index (κ1) is 11.5. The number of carbonyl (C=O) groups is 1. The van der Waals surface area contributed by atoms with Crippen molar-refractivity contribution in [3.63, 3.8) is 0 Å². The normalized spacial score (nSPS) is 10.0. The van der Waals surface area contributed by atoms with Gasteiger partial charge in [-0.15, -0.1) is 0 Å². The van der Waals surface area contributed by atoms with Crippen LogP contribution in [0.2, 0.25) is 0 Å². The fraction of sp³-hybridized carbons (Fsp3) is 0.364. The van der Waals surface area contributed by atoms with Crippen LogP contribution in [0.4, 0.5) is 11.4 Å². The molecule has 0 saturated heterocycles. The summed E-state index contributed by atoms with van der Waals surface area (Å²) in [4.78, 5) is 11.3. The molecule has 0 saturated carbocycles. The van der Waals surface area contributed by atoms with Gasteiger partial charge >= 0.3 is 0 Å². The Morgan fingerprint density at radius 1 is 1.53 bits per heavy atom. The fourth-order valence-electron chi connectivity index (χ4n) is 1.14. The van der Waals surface area contributed by atoms with Crippen LogP contribution >= 0.6 is 0 Å². The van der Waals surface area contributed by atoms with Gasteiger partial charge in [0, 0.05) is 18.5 Å². The first-order chi connectivity index (χ1) is 7.13. The Morgan fingerprint density at radius 2 is 2.27 bits per heavy atom. The Morgan fingerprint density at radius 3 is 2.87 bits per heavy atom. The monoisotopic (exact) mass is 208 g/mol. The van der Waals surface area contributed by atoms with E-state index in [1.54, 1.807) is 13.2 Å². The lowest BCUT2D eigenvalue weighted by Gasteiger charge is -2.07. The first-order valence-electron chi connectivity index (χ1n) is 4.78. The van der Waals surface area contributed by atoms with E-state index in [-0.39, 0.29) is 5.91 Å². The average molecular weight is 208 g/mol. The number of nitrogen functional groups attached to an aromatic ring is 1. The van der Waals surface area contributed by atoms with Crippen molar-refractivity contribution in [2.24, 2.45) is 0 Å². The smallest absolute Gasteiger partial charge is 0.226 e. The van der Waals surface area contributed by atoms with Crippen molar-refractivity contribution in [3.05, 3.63) is 23.8 Å². The topological polar surface area (TPSA) is 64.3 Å². The Balaban J connectivity index is 2.57. The van der Waals surface area contributed by atoms with E-state index in [9.17, 15) is 4.79 Å². The van der Waals surface area contributed by atoms with E-state index in [0.29, 0.717) is 18.7 Å². The van der Waals surface area contributed by atoms with Crippen molar-refractivity contribution in [3.8, 4) is 0 Å². The zero-order valence-electron chi connectivity index (χ0n) is 9.04. The Labute approximate surface area is 89.4 Å². The number of nitrogens with one attached hydrogen (secondary N) is 1. The van der Waals surface area contributed by atoms with Gasteiger partial charge in [-0.2, -0.15) is 0 Å². The van der Waals surface area contributed by atoms with Crippen molar-refractivity contribution in [2.45, 2.75) is 13.3 Å². The van der Waals surface area contributed by atoms with Crippen molar-refractivity contribution in [1.29, 1.82) is 0 Å². The van der Waals surface area contributed by atoms with Crippen LogP contribution in [0.15, 0.2) is 18.2 Å². The third-order valence-electron chi connectivity index (χ3n) is 2.10. The third-order valence-corrected chi connectivity index (χ3v) is 2.10. The summed E-state index contributed by atoms with van der Waals surface area (Å²) in [6, 6.07) is 5.46. The highest BCUT2D eigenvalue weighted by molar-refractivity contribution is 5.91. The van der Waals surface area contributed by atoms with Gasteiger partial charge in [0.1, 0.15) is 0 Å². The van der Waals surface area contributed by atoms with Crippen molar-refractivity contribution < 1.29 is 9.53 Å². The van der Waals surface area contributed by atoms with Crippen LogP contribution in [0, 0.1) is 6.92 Å². The Bertz CT molecular complexity index is 350. The number of amides is 1. The van der Waals surface area contributed by atoms with Gasteiger partial charge in [0.25, 0.3) is 0 Å². The molecule has 1 amide bonds. The summed E-state index contributed by atoms with van der Waals surface area (Å²) in [6.07, 6.45) is 0.351. The molecule has 0 aliphatic carbocycles. The zero-order valence-corrected chi connectivity index (χ0v) is 9.04. The van der Waals surface area contributed by atoms with E-state index in [0.717, 1.165) is 11.3 Å². The van der Waals surface area contributed by atoms with Gasteiger partial charge in [-0.1, -0.05) is 6.07 Å². The number of hydrogen-bond donors (Lipinski definition) is 2.